The van der Waals surface area contributed by atoms with E-state index in [-0.39, 0.29) is 42.1 Å². The third-order valence-electron chi connectivity index (χ3n) is 9.71. The van der Waals surface area contributed by atoms with Crippen LogP contribution in [0.4, 0.5) is 21.8 Å². The van der Waals surface area contributed by atoms with Crippen LogP contribution < -0.4 is 10.6 Å². The van der Waals surface area contributed by atoms with Crippen LogP contribution in [0.5, 0.6) is 0 Å². The Bertz CT molecular complexity index is 1730. The van der Waals surface area contributed by atoms with E-state index in [2.05, 4.69) is 25.7 Å². The van der Waals surface area contributed by atoms with Crippen molar-refractivity contribution in [3.05, 3.63) is 77.0 Å². The summed E-state index contributed by atoms with van der Waals surface area (Å²) in [5.74, 6) is 0.684. The van der Waals surface area contributed by atoms with Crippen molar-refractivity contribution in [1.82, 2.24) is 29.9 Å². The molecule has 4 aromatic rings. The molecule has 13 heteroatoms. The largest absolute Gasteiger partial charge is 0.394 e. The SMILES string of the molecule is O=C1c2ccc(Nc3ncc(-c4nc(C56CCN(CC5)CC6)no4)c(N[C@H](CO)c4ccccc4)n3)c(F)c2C2COCCN12. The van der Waals surface area contributed by atoms with Crippen molar-refractivity contribution in [2.45, 2.75) is 36.8 Å². The first-order chi connectivity index (χ1) is 22.0. The highest BCUT2D eigenvalue weighted by Crippen LogP contribution is 2.43. The van der Waals surface area contributed by atoms with Gasteiger partial charge in [-0.15, -0.1) is 0 Å². The molecule has 12 nitrogen and oxygen atoms in total. The fourth-order valence-electron chi connectivity index (χ4n) is 7.07. The van der Waals surface area contributed by atoms with Crippen LogP contribution in [0.15, 0.2) is 53.2 Å². The Morgan fingerprint density at radius 1 is 1.04 bits per heavy atom. The number of aliphatic hydroxyl groups excluding tert-OH is 1. The van der Waals surface area contributed by atoms with Crippen molar-refractivity contribution < 1.29 is 23.6 Å². The summed E-state index contributed by atoms with van der Waals surface area (Å²) < 4.78 is 27.3. The number of nitrogens with one attached hydrogen (secondary N) is 2. The van der Waals surface area contributed by atoms with Gasteiger partial charge in [-0.3, -0.25) is 4.79 Å². The molecule has 0 spiro atoms. The number of ether oxygens (including phenoxy) is 1. The van der Waals surface area contributed by atoms with Crippen LogP contribution in [0.3, 0.4) is 0 Å². The number of aliphatic hydroxyl groups is 1. The highest BCUT2D eigenvalue weighted by atomic mass is 19.1. The van der Waals surface area contributed by atoms with E-state index in [1.54, 1.807) is 17.2 Å². The molecular weight excluding hydrogens is 579 g/mol. The van der Waals surface area contributed by atoms with Gasteiger partial charge in [-0.2, -0.15) is 9.97 Å². The molecule has 232 valence electrons. The van der Waals surface area contributed by atoms with Crippen LogP contribution in [-0.2, 0) is 10.2 Å². The molecular formula is C32H33FN8O4. The molecule has 5 aliphatic heterocycles. The van der Waals surface area contributed by atoms with E-state index in [4.69, 9.17) is 19.2 Å². The van der Waals surface area contributed by atoms with Crippen LogP contribution in [0.2, 0.25) is 0 Å². The summed E-state index contributed by atoms with van der Waals surface area (Å²) in [6.07, 6.45) is 4.51. The minimum absolute atomic E-state index is 0.102. The molecule has 4 saturated heterocycles. The van der Waals surface area contributed by atoms with E-state index in [1.165, 1.54) is 6.07 Å². The fraction of sp³-hybridized carbons (Fsp3) is 0.406. The Balaban J connectivity index is 1.14. The molecule has 1 amide bonds. The average Bonchev–Trinajstić information content (AvgIpc) is 3.71. The Morgan fingerprint density at radius 2 is 1.84 bits per heavy atom. The van der Waals surface area contributed by atoms with Crippen LogP contribution in [0.1, 0.15) is 58.7 Å². The van der Waals surface area contributed by atoms with E-state index >= 15 is 4.39 Å². The number of morpholine rings is 1. The highest BCUT2D eigenvalue weighted by molar-refractivity contribution is 6.00. The van der Waals surface area contributed by atoms with Gasteiger partial charge in [0.05, 0.1) is 37.6 Å². The lowest BCUT2D eigenvalue weighted by Gasteiger charge is -2.46. The van der Waals surface area contributed by atoms with Crippen LogP contribution in [-0.4, -0.2) is 86.9 Å². The molecule has 5 aliphatic rings. The van der Waals surface area contributed by atoms with E-state index < -0.39 is 17.9 Å². The van der Waals surface area contributed by atoms with Gasteiger partial charge in [0.2, 0.25) is 5.95 Å². The number of benzene rings is 2. The maximum absolute atomic E-state index is 15.9. The van der Waals surface area contributed by atoms with E-state index in [0.29, 0.717) is 41.5 Å². The molecule has 3 N–H and O–H groups in total. The molecule has 0 radical (unpaired) electrons. The van der Waals surface area contributed by atoms with Crippen LogP contribution in [0, 0.1) is 5.82 Å². The predicted octanol–water partition coefficient (Wildman–Crippen LogP) is 3.82. The Kier molecular flexibility index (Phi) is 6.96. The number of rotatable bonds is 8. The molecule has 0 aliphatic carbocycles. The Hall–Kier alpha value is -4.46. The average molecular weight is 613 g/mol. The topological polar surface area (TPSA) is 142 Å². The van der Waals surface area contributed by atoms with Gasteiger partial charge < -0.3 is 34.8 Å². The summed E-state index contributed by atoms with van der Waals surface area (Å²) in [5, 5.41) is 21.1. The fourth-order valence-corrected chi connectivity index (χ4v) is 7.07. The van der Waals surface area contributed by atoms with Crippen molar-refractivity contribution in [2.75, 3.05) is 56.6 Å². The second kappa shape index (κ2) is 11.2. The number of carbonyl (C=O) groups excluding carboxylic acids is 1. The summed E-state index contributed by atoms with van der Waals surface area (Å²) >= 11 is 0. The lowest BCUT2D eigenvalue weighted by molar-refractivity contribution is 0.00376. The molecule has 2 atom stereocenters. The second-order valence-electron chi connectivity index (χ2n) is 12.1. The number of piperidine rings is 3. The lowest BCUT2D eigenvalue weighted by atomic mass is 9.71. The van der Waals surface area contributed by atoms with Crippen molar-refractivity contribution in [3.63, 3.8) is 0 Å². The summed E-state index contributed by atoms with van der Waals surface area (Å²) in [4.78, 5) is 31.0. The summed E-state index contributed by atoms with van der Waals surface area (Å²) in [6, 6.07) is 11.7. The second-order valence-corrected chi connectivity index (χ2v) is 12.1. The highest BCUT2D eigenvalue weighted by Gasteiger charge is 2.44. The van der Waals surface area contributed by atoms with Crippen LogP contribution in [0.25, 0.3) is 11.5 Å². The maximum atomic E-state index is 15.9. The van der Waals surface area contributed by atoms with Crippen molar-refractivity contribution in [3.8, 4) is 11.5 Å². The van der Waals surface area contributed by atoms with Gasteiger partial charge in [0, 0.05) is 29.3 Å². The minimum atomic E-state index is -0.544. The smallest absolute Gasteiger partial charge is 0.263 e. The molecule has 1 unspecified atom stereocenters. The van der Waals surface area contributed by atoms with Crippen LogP contribution >= 0.6 is 0 Å². The zero-order chi connectivity index (χ0) is 30.5. The van der Waals surface area contributed by atoms with Gasteiger partial charge in [0.1, 0.15) is 11.4 Å². The normalized spacial score (nSPS) is 24.3. The van der Waals surface area contributed by atoms with Crippen molar-refractivity contribution in [2.24, 2.45) is 0 Å². The Labute approximate surface area is 258 Å². The molecule has 4 fully saturated rings. The number of amides is 1. The number of nitrogens with zero attached hydrogens (tertiary/aromatic N) is 6. The van der Waals surface area contributed by atoms with Gasteiger partial charge in [-0.25, -0.2) is 9.37 Å². The number of aromatic nitrogens is 4. The molecule has 0 saturated carbocycles. The van der Waals surface area contributed by atoms with Crippen molar-refractivity contribution in [1.29, 1.82) is 0 Å². The zero-order valence-corrected chi connectivity index (χ0v) is 24.6. The third-order valence-corrected chi connectivity index (χ3v) is 9.71. The quantitative estimate of drug-likeness (QED) is 0.267. The first kappa shape index (κ1) is 28.0. The molecule has 2 aromatic heterocycles. The number of fused-ring (bicyclic) bond motifs is 6. The molecule has 9 rings (SSSR count). The standard InChI is InChI=1S/C32H33FN8O4/c33-26-22(7-6-20-25(26)24-18-44-15-14-41(24)29(20)43)36-31-34-16-21(27(37-31)35-23(17-42)19-4-2-1-3-5-19)28-38-30(39-45-28)32-8-11-40(12-9-32)13-10-32/h1-7,16,23-24,42H,8-15,17-18H2,(H2,34,35,36,37)/t23-,24?/m1/s1. The minimum Gasteiger partial charge on any atom is -0.394 e. The lowest BCUT2D eigenvalue weighted by Crippen LogP contribution is -2.51. The molecule has 7 heterocycles. The molecule has 2 aromatic carbocycles. The maximum Gasteiger partial charge on any atom is 0.263 e. The first-order valence-corrected chi connectivity index (χ1v) is 15.4. The zero-order valence-electron chi connectivity index (χ0n) is 24.6. The van der Waals surface area contributed by atoms with Crippen molar-refractivity contribution >= 4 is 23.4 Å². The van der Waals surface area contributed by atoms with Gasteiger partial charge >= 0.3 is 0 Å². The van der Waals surface area contributed by atoms with Gasteiger partial charge in [-0.1, -0.05) is 35.5 Å². The first-order valence-electron chi connectivity index (χ1n) is 15.4. The summed E-state index contributed by atoms with van der Waals surface area (Å²) in [7, 11) is 0. The molecule has 2 bridgehead atoms. The number of carbonyl (C=O) groups is 1. The Morgan fingerprint density at radius 3 is 2.62 bits per heavy atom. The third kappa shape index (κ3) is 4.82. The number of hydrogen-bond acceptors (Lipinski definition) is 11. The number of anilines is 3. The van der Waals surface area contributed by atoms with Gasteiger partial charge in [-0.05, 0) is 56.6 Å². The molecule has 45 heavy (non-hydrogen) atoms. The van der Waals surface area contributed by atoms with E-state index in [1.807, 2.05) is 30.3 Å². The van der Waals surface area contributed by atoms with Gasteiger partial charge in [0.15, 0.2) is 11.6 Å². The number of hydrogen-bond donors (Lipinski definition) is 3. The monoisotopic (exact) mass is 612 g/mol. The van der Waals surface area contributed by atoms with E-state index in [0.717, 1.165) is 44.5 Å². The van der Waals surface area contributed by atoms with Gasteiger partial charge in [0.25, 0.3) is 11.8 Å². The number of halogens is 1. The summed E-state index contributed by atoms with van der Waals surface area (Å²) in [5.41, 5.74) is 2.01. The van der Waals surface area contributed by atoms with E-state index in [9.17, 15) is 9.90 Å². The summed E-state index contributed by atoms with van der Waals surface area (Å²) in [6.45, 7) is 3.95. The predicted molar refractivity (Wildman–Crippen MR) is 161 cm³/mol.